The molecule has 2 fully saturated rings. The van der Waals surface area contributed by atoms with Crippen LogP contribution in [0.3, 0.4) is 0 Å². The molecule has 1 aromatic carbocycles. The van der Waals surface area contributed by atoms with Crippen LogP contribution in [-0.4, -0.2) is 47.6 Å². The van der Waals surface area contributed by atoms with Crippen LogP contribution in [0.25, 0.3) is 0 Å². The molecular formula is C22H25F3N4O3. The number of nitrogens with one attached hydrogen (secondary N) is 1. The van der Waals surface area contributed by atoms with Crippen molar-refractivity contribution in [1.82, 2.24) is 15.3 Å². The SMILES string of the molecule is CC(=O)N[C@@H](C)c1ccc(O[C@@H]2CCN(c3ncnc(OCC4CC4(F)F)c3F)C2)cc1. The quantitative estimate of drug-likeness (QED) is 0.664. The average molecular weight is 450 g/mol. The molecule has 0 radical (unpaired) electrons. The van der Waals surface area contributed by atoms with E-state index in [4.69, 9.17) is 9.47 Å². The maximum absolute atomic E-state index is 14.8. The third kappa shape index (κ3) is 5.05. The molecule has 1 saturated heterocycles. The van der Waals surface area contributed by atoms with Gasteiger partial charge in [0, 0.05) is 26.3 Å². The molecular weight excluding hydrogens is 425 g/mol. The summed E-state index contributed by atoms with van der Waals surface area (Å²) in [6, 6.07) is 7.34. The molecule has 10 heteroatoms. The Kier molecular flexibility index (Phi) is 6.12. The van der Waals surface area contributed by atoms with Gasteiger partial charge in [-0.15, -0.1) is 0 Å². The molecule has 172 valence electrons. The summed E-state index contributed by atoms with van der Waals surface area (Å²) in [7, 11) is 0. The first-order chi connectivity index (χ1) is 15.2. The number of nitrogens with zero attached hydrogens (tertiary/aromatic N) is 3. The maximum atomic E-state index is 14.8. The minimum atomic E-state index is -2.73. The van der Waals surface area contributed by atoms with Crippen LogP contribution in [-0.2, 0) is 4.79 Å². The van der Waals surface area contributed by atoms with Gasteiger partial charge in [0.2, 0.25) is 11.7 Å². The number of amides is 1. The topological polar surface area (TPSA) is 76.6 Å². The van der Waals surface area contributed by atoms with E-state index in [0.29, 0.717) is 25.3 Å². The van der Waals surface area contributed by atoms with Gasteiger partial charge >= 0.3 is 0 Å². The fourth-order valence-electron chi connectivity index (χ4n) is 3.73. The molecule has 32 heavy (non-hydrogen) atoms. The zero-order valence-corrected chi connectivity index (χ0v) is 17.9. The number of carbonyl (C=O) groups is 1. The van der Waals surface area contributed by atoms with Crippen molar-refractivity contribution in [3.63, 3.8) is 0 Å². The van der Waals surface area contributed by atoms with Gasteiger partial charge in [-0.2, -0.15) is 9.37 Å². The lowest BCUT2D eigenvalue weighted by Gasteiger charge is -2.19. The van der Waals surface area contributed by atoms with E-state index < -0.39 is 17.7 Å². The number of hydrogen-bond donors (Lipinski definition) is 1. The Balaban J connectivity index is 1.33. The summed E-state index contributed by atoms with van der Waals surface area (Å²) >= 11 is 0. The van der Waals surface area contributed by atoms with Crippen LogP contribution in [0.2, 0.25) is 0 Å². The van der Waals surface area contributed by atoms with Gasteiger partial charge in [0.1, 0.15) is 18.2 Å². The van der Waals surface area contributed by atoms with Crippen molar-refractivity contribution < 1.29 is 27.4 Å². The van der Waals surface area contributed by atoms with Crippen LogP contribution in [0.4, 0.5) is 19.0 Å². The van der Waals surface area contributed by atoms with Crippen LogP contribution in [0.5, 0.6) is 11.6 Å². The van der Waals surface area contributed by atoms with Crippen molar-refractivity contribution in [2.24, 2.45) is 5.92 Å². The third-order valence-corrected chi connectivity index (χ3v) is 5.66. The summed E-state index contributed by atoms with van der Waals surface area (Å²) in [6.45, 7) is 4.04. The maximum Gasteiger partial charge on any atom is 0.255 e. The molecule has 1 unspecified atom stereocenters. The Bertz CT molecular complexity index is 973. The van der Waals surface area contributed by atoms with E-state index in [1.54, 1.807) is 4.90 Å². The number of aromatic nitrogens is 2. The highest BCUT2D eigenvalue weighted by Crippen LogP contribution is 2.48. The molecule has 1 saturated carbocycles. The Morgan fingerprint density at radius 2 is 2.03 bits per heavy atom. The van der Waals surface area contributed by atoms with E-state index >= 15 is 0 Å². The summed E-state index contributed by atoms with van der Waals surface area (Å²) in [5, 5.41) is 2.83. The molecule has 0 spiro atoms. The van der Waals surface area contributed by atoms with Gasteiger partial charge in [-0.05, 0) is 24.6 Å². The molecule has 1 aliphatic heterocycles. The number of alkyl halides is 2. The summed E-state index contributed by atoms with van der Waals surface area (Å²) in [6.07, 6.45) is 1.42. The molecule has 1 aromatic heterocycles. The second-order valence-corrected chi connectivity index (χ2v) is 8.26. The number of halogens is 3. The molecule has 0 bridgehead atoms. The first kappa shape index (κ1) is 22.2. The molecule has 4 rings (SSSR count). The fourth-order valence-corrected chi connectivity index (χ4v) is 3.73. The van der Waals surface area contributed by atoms with Gasteiger partial charge in [0.15, 0.2) is 5.82 Å². The number of hydrogen-bond acceptors (Lipinski definition) is 6. The second kappa shape index (κ2) is 8.84. The first-order valence-electron chi connectivity index (χ1n) is 10.5. The van der Waals surface area contributed by atoms with Crippen LogP contribution in [0, 0.1) is 11.7 Å². The Labute approximate surface area is 183 Å². The molecule has 1 amide bonds. The highest BCUT2D eigenvalue weighted by Gasteiger charge is 2.57. The third-order valence-electron chi connectivity index (χ3n) is 5.66. The minimum Gasteiger partial charge on any atom is -0.489 e. The zero-order chi connectivity index (χ0) is 22.9. The lowest BCUT2D eigenvalue weighted by Crippen LogP contribution is -2.26. The average Bonchev–Trinajstić information content (AvgIpc) is 3.12. The van der Waals surface area contributed by atoms with E-state index in [1.165, 1.54) is 13.3 Å². The standard InChI is InChI=1S/C22H25F3N4O3/c1-13(28-14(2)30)15-3-5-17(6-4-15)32-18-7-8-29(10-18)20-19(23)21(27-12-26-20)31-11-16-9-22(16,24)25/h3-6,12-13,16,18H,7-11H2,1-2H3,(H,28,30)/t13-,16?,18+/m0/s1. The smallest absolute Gasteiger partial charge is 0.255 e. The van der Waals surface area contributed by atoms with Crippen LogP contribution in [0.1, 0.15) is 38.3 Å². The van der Waals surface area contributed by atoms with Crippen LogP contribution < -0.4 is 19.7 Å². The van der Waals surface area contributed by atoms with E-state index in [0.717, 1.165) is 5.56 Å². The van der Waals surface area contributed by atoms with E-state index in [9.17, 15) is 18.0 Å². The van der Waals surface area contributed by atoms with Crippen LogP contribution in [0.15, 0.2) is 30.6 Å². The van der Waals surface area contributed by atoms with Crippen molar-refractivity contribution in [1.29, 1.82) is 0 Å². The highest BCUT2D eigenvalue weighted by atomic mass is 19.3. The van der Waals surface area contributed by atoms with E-state index in [2.05, 4.69) is 15.3 Å². The zero-order valence-electron chi connectivity index (χ0n) is 17.9. The first-order valence-corrected chi connectivity index (χ1v) is 10.5. The minimum absolute atomic E-state index is 0.0723. The lowest BCUT2D eigenvalue weighted by atomic mass is 10.1. The largest absolute Gasteiger partial charge is 0.489 e. The second-order valence-electron chi connectivity index (χ2n) is 8.26. The van der Waals surface area contributed by atoms with Gasteiger partial charge < -0.3 is 19.7 Å². The van der Waals surface area contributed by atoms with Crippen molar-refractivity contribution in [3.05, 3.63) is 42.0 Å². The molecule has 2 heterocycles. The fraction of sp³-hybridized carbons (Fsp3) is 0.500. The number of carbonyl (C=O) groups excluding carboxylic acids is 1. The molecule has 1 aliphatic carbocycles. The van der Waals surface area contributed by atoms with Crippen molar-refractivity contribution in [2.75, 3.05) is 24.6 Å². The van der Waals surface area contributed by atoms with Gasteiger partial charge in [0.05, 0.1) is 25.1 Å². The highest BCUT2D eigenvalue weighted by molar-refractivity contribution is 5.73. The van der Waals surface area contributed by atoms with Gasteiger partial charge in [0.25, 0.3) is 11.8 Å². The van der Waals surface area contributed by atoms with E-state index in [-0.39, 0.29) is 42.8 Å². The van der Waals surface area contributed by atoms with Gasteiger partial charge in [-0.3, -0.25) is 4.79 Å². The summed E-state index contributed by atoms with van der Waals surface area (Å²) in [4.78, 5) is 20.7. The molecule has 1 N–H and O–H groups in total. The number of ether oxygens (including phenoxy) is 2. The number of rotatable bonds is 8. The Hall–Kier alpha value is -3.04. The lowest BCUT2D eigenvalue weighted by molar-refractivity contribution is -0.119. The van der Waals surface area contributed by atoms with E-state index in [1.807, 2.05) is 31.2 Å². The predicted octanol–water partition coefficient (Wildman–Crippen LogP) is 3.50. The summed E-state index contributed by atoms with van der Waals surface area (Å²) in [5.74, 6) is -4.04. The normalized spacial score (nSPS) is 22.3. The Morgan fingerprint density at radius 1 is 1.31 bits per heavy atom. The van der Waals surface area contributed by atoms with Crippen molar-refractivity contribution in [3.8, 4) is 11.6 Å². The van der Waals surface area contributed by atoms with Crippen molar-refractivity contribution >= 4 is 11.7 Å². The number of benzene rings is 1. The Morgan fingerprint density at radius 3 is 2.69 bits per heavy atom. The van der Waals surface area contributed by atoms with Crippen molar-refractivity contribution in [2.45, 2.75) is 44.8 Å². The number of anilines is 1. The monoisotopic (exact) mass is 450 g/mol. The van der Waals surface area contributed by atoms with Gasteiger partial charge in [-0.25, -0.2) is 13.8 Å². The predicted molar refractivity (Wildman–Crippen MR) is 110 cm³/mol. The summed E-state index contributed by atoms with van der Waals surface area (Å²) in [5.41, 5.74) is 0.958. The summed E-state index contributed by atoms with van der Waals surface area (Å²) < 4.78 is 52.0. The molecule has 2 aromatic rings. The molecule has 3 atom stereocenters. The van der Waals surface area contributed by atoms with Crippen LogP contribution >= 0.6 is 0 Å². The molecule has 7 nitrogen and oxygen atoms in total. The van der Waals surface area contributed by atoms with Gasteiger partial charge in [-0.1, -0.05) is 12.1 Å². The molecule has 2 aliphatic rings.